The van der Waals surface area contributed by atoms with Crippen molar-refractivity contribution < 1.29 is 9.59 Å². The number of unbranched alkanes of at least 4 members (excludes halogenated alkanes) is 1. The first kappa shape index (κ1) is 14.6. The monoisotopic (exact) mass is 274 g/mol. The van der Waals surface area contributed by atoms with Crippen LogP contribution in [0.25, 0.3) is 0 Å². The van der Waals surface area contributed by atoms with Gasteiger partial charge in [-0.3, -0.25) is 9.59 Å². The molecule has 1 aromatic carbocycles. The van der Waals surface area contributed by atoms with Crippen LogP contribution < -0.4 is 10.6 Å². The maximum Gasteiger partial charge on any atom is 0.251 e. The normalized spacial score (nSPS) is 13.8. The molecule has 0 spiro atoms. The Morgan fingerprint density at radius 3 is 2.50 bits per heavy atom. The van der Waals surface area contributed by atoms with Crippen molar-refractivity contribution in [2.75, 3.05) is 6.54 Å². The number of nitrogens with one attached hydrogen (secondary N) is 2. The van der Waals surface area contributed by atoms with Crippen molar-refractivity contribution in [3.63, 3.8) is 0 Å². The van der Waals surface area contributed by atoms with Crippen LogP contribution in [0.5, 0.6) is 0 Å². The van der Waals surface area contributed by atoms with E-state index in [2.05, 4.69) is 17.6 Å². The topological polar surface area (TPSA) is 58.2 Å². The lowest BCUT2D eigenvalue weighted by atomic mass is 10.1. The molecule has 0 aromatic heterocycles. The van der Waals surface area contributed by atoms with Crippen molar-refractivity contribution in [3.05, 3.63) is 35.4 Å². The van der Waals surface area contributed by atoms with Gasteiger partial charge < -0.3 is 10.6 Å². The highest BCUT2D eigenvalue weighted by Crippen LogP contribution is 2.18. The molecular formula is C16H22N2O2. The van der Waals surface area contributed by atoms with Gasteiger partial charge in [-0.15, -0.1) is 0 Å². The first-order chi connectivity index (χ1) is 9.69. The van der Waals surface area contributed by atoms with Crippen molar-refractivity contribution in [1.82, 2.24) is 10.6 Å². The van der Waals surface area contributed by atoms with E-state index in [0.717, 1.165) is 25.7 Å². The third-order valence-electron chi connectivity index (χ3n) is 3.39. The lowest BCUT2D eigenvalue weighted by Crippen LogP contribution is -2.37. The molecule has 4 nitrogen and oxygen atoms in total. The molecule has 20 heavy (non-hydrogen) atoms. The van der Waals surface area contributed by atoms with Gasteiger partial charge in [0.15, 0.2) is 0 Å². The summed E-state index contributed by atoms with van der Waals surface area (Å²) in [6, 6.07) is 7.93. The molecule has 2 rings (SSSR count). The fraction of sp³-hybridized carbons (Fsp3) is 0.500. The Hall–Kier alpha value is -1.84. The van der Waals surface area contributed by atoms with E-state index >= 15 is 0 Å². The van der Waals surface area contributed by atoms with E-state index in [4.69, 9.17) is 0 Å². The number of rotatable bonds is 7. The van der Waals surface area contributed by atoms with Gasteiger partial charge in [0.25, 0.3) is 5.91 Å². The largest absolute Gasteiger partial charge is 0.352 e. The van der Waals surface area contributed by atoms with Crippen LogP contribution in [-0.2, 0) is 11.2 Å². The van der Waals surface area contributed by atoms with Gasteiger partial charge in [-0.2, -0.15) is 0 Å². The van der Waals surface area contributed by atoms with E-state index in [1.165, 1.54) is 12.0 Å². The highest BCUT2D eigenvalue weighted by Gasteiger charge is 2.23. The molecule has 2 N–H and O–H groups in total. The molecule has 0 unspecified atom stereocenters. The lowest BCUT2D eigenvalue weighted by Gasteiger charge is -2.07. The van der Waals surface area contributed by atoms with Crippen LogP contribution in [0, 0.1) is 0 Å². The summed E-state index contributed by atoms with van der Waals surface area (Å²) in [5, 5.41) is 5.48. The Morgan fingerprint density at radius 2 is 1.90 bits per heavy atom. The van der Waals surface area contributed by atoms with Crippen molar-refractivity contribution >= 4 is 11.8 Å². The molecule has 4 heteroatoms. The number of aryl methyl sites for hydroxylation is 1. The second kappa shape index (κ2) is 7.08. The number of carbonyl (C=O) groups is 2. The minimum Gasteiger partial charge on any atom is -0.352 e. The summed E-state index contributed by atoms with van der Waals surface area (Å²) >= 11 is 0. The third kappa shape index (κ3) is 4.68. The summed E-state index contributed by atoms with van der Waals surface area (Å²) in [4.78, 5) is 23.4. The molecule has 0 aliphatic heterocycles. The molecule has 0 heterocycles. The molecular weight excluding hydrogens is 252 g/mol. The van der Waals surface area contributed by atoms with E-state index in [9.17, 15) is 9.59 Å². The maximum atomic E-state index is 11.9. The van der Waals surface area contributed by atoms with Crippen LogP contribution in [0.2, 0.25) is 0 Å². The van der Waals surface area contributed by atoms with Gasteiger partial charge >= 0.3 is 0 Å². The molecule has 0 atom stereocenters. The van der Waals surface area contributed by atoms with Crippen LogP contribution >= 0.6 is 0 Å². The lowest BCUT2D eigenvalue weighted by molar-refractivity contribution is -0.120. The van der Waals surface area contributed by atoms with Crippen molar-refractivity contribution in [2.24, 2.45) is 0 Å². The number of hydrogen-bond acceptors (Lipinski definition) is 2. The van der Waals surface area contributed by atoms with Gasteiger partial charge in [0.1, 0.15) is 0 Å². The van der Waals surface area contributed by atoms with Gasteiger partial charge in [0.2, 0.25) is 5.91 Å². The van der Waals surface area contributed by atoms with Crippen LogP contribution in [0.1, 0.15) is 48.5 Å². The maximum absolute atomic E-state index is 11.9. The van der Waals surface area contributed by atoms with Crippen molar-refractivity contribution in [3.8, 4) is 0 Å². The van der Waals surface area contributed by atoms with Crippen molar-refractivity contribution in [1.29, 1.82) is 0 Å². The molecule has 0 saturated heterocycles. The number of carbonyl (C=O) groups excluding carboxylic acids is 2. The minimum atomic E-state index is -0.196. The second-order valence-corrected chi connectivity index (χ2v) is 5.32. The highest BCUT2D eigenvalue weighted by atomic mass is 16.2. The molecule has 1 aliphatic carbocycles. The van der Waals surface area contributed by atoms with Gasteiger partial charge in [-0.1, -0.05) is 25.5 Å². The minimum absolute atomic E-state index is 0.0485. The Balaban J connectivity index is 1.77. The Morgan fingerprint density at radius 1 is 1.20 bits per heavy atom. The molecule has 1 aromatic rings. The second-order valence-electron chi connectivity index (χ2n) is 5.32. The summed E-state index contributed by atoms with van der Waals surface area (Å²) in [6.45, 7) is 2.21. The average molecular weight is 274 g/mol. The summed E-state index contributed by atoms with van der Waals surface area (Å²) in [5.41, 5.74) is 1.85. The third-order valence-corrected chi connectivity index (χ3v) is 3.39. The van der Waals surface area contributed by atoms with Gasteiger partial charge in [-0.25, -0.2) is 0 Å². The highest BCUT2D eigenvalue weighted by molar-refractivity contribution is 5.96. The molecule has 2 amide bonds. The summed E-state index contributed by atoms with van der Waals surface area (Å²) in [5.74, 6) is -0.307. The zero-order chi connectivity index (χ0) is 14.4. The average Bonchev–Trinajstić information content (AvgIpc) is 3.27. The predicted octanol–water partition coefficient (Wildman–Crippen LogP) is 2.04. The standard InChI is InChI=1S/C16H22N2O2/c1-2-3-4-12-5-7-13(8-6-12)16(20)17-11-15(19)18-14-9-10-14/h5-8,14H,2-4,9-11H2,1H3,(H,17,20)(H,18,19). The fourth-order valence-corrected chi connectivity index (χ4v) is 1.97. The number of benzene rings is 1. The number of amides is 2. The van der Waals surface area contributed by atoms with Crippen LogP contribution in [-0.4, -0.2) is 24.4 Å². The summed E-state index contributed by atoms with van der Waals surface area (Å²) in [6.07, 6.45) is 5.48. The van der Waals surface area contributed by atoms with E-state index in [1.54, 1.807) is 0 Å². The Kier molecular flexibility index (Phi) is 5.16. The first-order valence-electron chi connectivity index (χ1n) is 7.35. The number of hydrogen-bond donors (Lipinski definition) is 2. The summed E-state index contributed by atoms with van der Waals surface area (Å²) in [7, 11) is 0. The van der Waals surface area contributed by atoms with Gasteiger partial charge in [-0.05, 0) is 43.4 Å². The quantitative estimate of drug-likeness (QED) is 0.799. The smallest absolute Gasteiger partial charge is 0.251 e. The SMILES string of the molecule is CCCCc1ccc(C(=O)NCC(=O)NC2CC2)cc1. The van der Waals surface area contributed by atoms with Crippen molar-refractivity contribution in [2.45, 2.75) is 45.1 Å². The van der Waals surface area contributed by atoms with Crippen LogP contribution in [0.3, 0.4) is 0 Å². The molecule has 1 fully saturated rings. The molecule has 1 saturated carbocycles. The fourth-order valence-electron chi connectivity index (χ4n) is 1.97. The molecule has 1 aliphatic rings. The van der Waals surface area contributed by atoms with Gasteiger partial charge in [0, 0.05) is 11.6 Å². The van der Waals surface area contributed by atoms with E-state index in [-0.39, 0.29) is 18.4 Å². The summed E-state index contributed by atoms with van der Waals surface area (Å²) < 4.78 is 0. The van der Waals surface area contributed by atoms with E-state index in [0.29, 0.717) is 11.6 Å². The van der Waals surface area contributed by atoms with E-state index in [1.807, 2.05) is 24.3 Å². The van der Waals surface area contributed by atoms with Crippen LogP contribution in [0.15, 0.2) is 24.3 Å². The van der Waals surface area contributed by atoms with E-state index < -0.39 is 0 Å². The Bertz CT molecular complexity index is 464. The Labute approximate surface area is 119 Å². The molecule has 108 valence electrons. The van der Waals surface area contributed by atoms with Gasteiger partial charge in [0.05, 0.1) is 6.54 Å². The molecule has 0 bridgehead atoms. The van der Waals surface area contributed by atoms with Crippen LogP contribution in [0.4, 0.5) is 0 Å². The first-order valence-corrected chi connectivity index (χ1v) is 7.35. The predicted molar refractivity (Wildman–Crippen MR) is 78.6 cm³/mol. The molecule has 0 radical (unpaired) electrons. The zero-order valence-corrected chi connectivity index (χ0v) is 11.9. The zero-order valence-electron chi connectivity index (χ0n) is 11.9.